The summed E-state index contributed by atoms with van der Waals surface area (Å²) in [6.45, 7) is 4.05. The highest BCUT2D eigenvalue weighted by Crippen LogP contribution is 2.23. The van der Waals surface area contributed by atoms with Crippen molar-refractivity contribution < 1.29 is 4.42 Å². The molecule has 0 bridgehead atoms. The van der Waals surface area contributed by atoms with Gasteiger partial charge in [0, 0.05) is 5.39 Å². The summed E-state index contributed by atoms with van der Waals surface area (Å²) in [7, 11) is 0. The molecule has 1 aromatic carbocycles. The van der Waals surface area contributed by atoms with Crippen molar-refractivity contribution >= 4 is 11.0 Å². The van der Waals surface area contributed by atoms with E-state index in [9.17, 15) is 0 Å². The second kappa shape index (κ2) is 2.12. The Kier molecular flexibility index (Phi) is 1.25. The number of hydrogen-bond acceptors (Lipinski definition) is 1. The maximum absolute atomic E-state index is 5.48. The lowest BCUT2D eigenvalue weighted by Crippen LogP contribution is -1.68. The van der Waals surface area contributed by atoms with Gasteiger partial charge in [0.25, 0.3) is 0 Å². The number of rotatable bonds is 0. The molecule has 0 saturated carbocycles. The van der Waals surface area contributed by atoms with Crippen molar-refractivity contribution in [2.75, 3.05) is 0 Å². The van der Waals surface area contributed by atoms with Gasteiger partial charge in [-0.3, -0.25) is 0 Å². The minimum atomic E-state index is 0.957. The summed E-state index contributed by atoms with van der Waals surface area (Å²) >= 11 is 0. The summed E-state index contributed by atoms with van der Waals surface area (Å²) in [5.41, 5.74) is 2.18. The molecular weight excluding hydrogens is 136 g/mol. The molecule has 1 nitrogen and oxygen atoms in total. The lowest BCUT2D eigenvalue weighted by Gasteiger charge is -1.84. The zero-order valence-electron chi connectivity index (χ0n) is 6.64. The van der Waals surface area contributed by atoms with E-state index in [1.807, 2.05) is 25.1 Å². The van der Waals surface area contributed by atoms with Crippen LogP contribution in [0.2, 0.25) is 0 Å². The maximum Gasteiger partial charge on any atom is 0.134 e. The third kappa shape index (κ3) is 0.845. The molecular formula is C10H9O. The Balaban J connectivity index is 2.92. The molecule has 55 valence electrons. The Morgan fingerprint density at radius 1 is 1.36 bits per heavy atom. The van der Waals surface area contributed by atoms with E-state index in [1.165, 1.54) is 10.9 Å². The molecule has 0 aliphatic heterocycles. The quantitative estimate of drug-likeness (QED) is 0.555. The Morgan fingerprint density at radius 2 is 2.18 bits per heavy atom. The van der Waals surface area contributed by atoms with Crippen molar-refractivity contribution in [1.29, 1.82) is 0 Å². The van der Waals surface area contributed by atoms with Crippen LogP contribution in [-0.4, -0.2) is 0 Å². The third-order valence-electron chi connectivity index (χ3n) is 2.02. The van der Waals surface area contributed by atoms with Crippen LogP contribution in [0.25, 0.3) is 11.0 Å². The van der Waals surface area contributed by atoms with E-state index in [-0.39, 0.29) is 0 Å². The van der Waals surface area contributed by atoms with Crippen molar-refractivity contribution in [3.05, 3.63) is 35.6 Å². The van der Waals surface area contributed by atoms with Gasteiger partial charge in [0.05, 0.1) is 0 Å². The normalized spacial score (nSPS) is 10.7. The zero-order valence-corrected chi connectivity index (χ0v) is 6.64. The highest BCUT2D eigenvalue weighted by molar-refractivity contribution is 5.81. The van der Waals surface area contributed by atoms with E-state index < -0.39 is 0 Å². The van der Waals surface area contributed by atoms with E-state index in [2.05, 4.69) is 13.0 Å². The maximum atomic E-state index is 5.48. The van der Waals surface area contributed by atoms with Crippen LogP contribution in [0.3, 0.4) is 0 Å². The van der Waals surface area contributed by atoms with Gasteiger partial charge in [-0.05, 0) is 37.6 Å². The van der Waals surface area contributed by atoms with Crippen LogP contribution in [-0.2, 0) is 0 Å². The van der Waals surface area contributed by atoms with Crippen LogP contribution in [0, 0.1) is 19.9 Å². The van der Waals surface area contributed by atoms with Gasteiger partial charge in [0.15, 0.2) is 0 Å². The molecule has 2 aromatic rings. The molecule has 1 heterocycles. The Hall–Kier alpha value is -1.24. The molecule has 0 spiro atoms. The fraction of sp³-hybridized carbons (Fsp3) is 0.200. The Bertz CT molecular complexity index is 385. The van der Waals surface area contributed by atoms with Crippen molar-refractivity contribution in [2.24, 2.45) is 0 Å². The fourth-order valence-corrected chi connectivity index (χ4v) is 1.23. The number of aryl methyl sites for hydroxylation is 2. The van der Waals surface area contributed by atoms with Crippen LogP contribution < -0.4 is 0 Å². The molecule has 1 aromatic heterocycles. The van der Waals surface area contributed by atoms with Crippen molar-refractivity contribution in [3.63, 3.8) is 0 Å². The molecule has 0 saturated heterocycles. The van der Waals surface area contributed by atoms with Crippen molar-refractivity contribution in [3.8, 4) is 0 Å². The van der Waals surface area contributed by atoms with E-state index in [4.69, 9.17) is 4.42 Å². The zero-order chi connectivity index (χ0) is 7.84. The van der Waals surface area contributed by atoms with Gasteiger partial charge >= 0.3 is 0 Å². The molecule has 0 aliphatic rings. The minimum absolute atomic E-state index is 0.957. The van der Waals surface area contributed by atoms with Crippen LogP contribution >= 0.6 is 0 Å². The standard InChI is InChI=1S/C10H9O/c1-7-8(2)11-10-6-4-3-5-9(7)10/h4-6H,1-2H3. The van der Waals surface area contributed by atoms with Crippen LogP contribution in [0.5, 0.6) is 0 Å². The van der Waals surface area contributed by atoms with Crippen LogP contribution in [0.4, 0.5) is 0 Å². The third-order valence-corrected chi connectivity index (χ3v) is 2.02. The van der Waals surface area contributed by atoms with Crippen molar-refractivity contribution in [2.45, 2.75) is 13.8 Å². The average molecular weight is 145 g/mol. The first kappa shape index (κ1) is 6.47. The molecule has 0 amide bonds. The molecule has 0 fully saturated rings. The van der Waals surface area contributed by atoms with Gasteiger partial charge in [-0.25, -0.2) is 0 Å². The predicted octanol–water partition coefficient (Wildman–Crippen LogP) is 2.85. The second-order valence-corrected chi connectivity index (χ2v) is 2.71. The van der Waals surface area contributed by atoms with Gasteiger partial charge in [-0.1, -0.05) is 6.07 Å². The lowest BCUT2D eigenvalue weighted by atomic mass is 10.2. The minimum Gasteiger partial charge on any atom is -0.461 e. The summed E-state index contributed by atoms with van der Waals surface area (Å²) in [6.07, 6.45) is 0. The fourth-order valence-electron chi connectivity index (χ4n) is 1.23. The summed E-state index contributed by atoms with van der Waals surface area (Å²) < 4.78 is 5.48. The molecule has 0 unspecified atom stereocenters. The number of benzene rings is 1. The first-order valence-corrected chi connectivity index (χ1v) is 3.65. The number of hydrogen-bond donors (Lipinski definition) is 0. The van der Waals surface area contributed by atoms with Gasteiger partial charge in [0.1, 0.15) is 11.3 Å². The molecule has 1 radical (unpaired) electrons. The topological polar surface area (TPSA) is 13.1 Å². The SMILES string of the molecule is Cc1oc2cc[c]cc2c1C. The number of furan rings is 1. The van der Waals surface area contributed by atoms with Gasteiger partial charge in [-0.15, -0.1) is 0 Å². The number of fused-ring (bicyclic) bond motifs is 1. The Morgan fingerprint density at radius 3 is 2.91 bits per heavy atom. The lowest BCUT2D eigenvalue weighted by molar-refractivity contribution is 0.575. The first-order valence-electron chi connectivity index (χ1n) is 3.65. The summed E-state index contributed by atoms with van der Waals surface area (Å²) in [5.74, 6) is 1.000. The molecule has 1 heteroatoms. The van der Waals surface area contributed by atoms with Crippen LogP contribution in [0.1, 0.15) is 11.3 Å². The largest absolute Gasteiger partial charge is 0.461 e. The molecule has 0 aliphatic carbocycles. The second-order valence-electron chi connectivity index (χ2n) is 2.71. The summed E-state index contributed by atoms with van der Waals surface area (Å²) in [6, 6.07) is 8.79. The molecule has 0 N–H and O–H groups in total. The van der Waals surface area contributed by atoms with Crippen molar-refractivity contribution in [1.82, 2.24) is 0 Å². The first-order chi connectivity index (χ1) is 5.29. The monoisotopic (exact) mass is 145 g/mol. The highest BCUT2D eigenvalue weighted by atomic mass is 16.3. The van der Waals surface area contributed by atoms with Gasteiger partial charge in [0.2, 0.25) is 0 Å². The highest BCUT2D eigenvalue weighted by Gasteiger charge is 2.03. The molecule has 0 atom stereocenters. The van der Waals surface area contributed by atoms with Crippen LogP contribution in [0.15, 0.2) is 22.6 Å². The van der Waals surface area contributed by atoms with Gasteiger partial charge in [-0.2, -0.15) is 0 Å². The smallest absolute Gasteiger partial charge is 0.134 e. The Labute approximate surface area is 65.6 Å². The van der Waals surface area contributed by atoms with E-state index in [0.29, 0.717) is 0 Å². The predicted molar refractivity (Wildman–Crippen MR) is 44.5 cm³/mol. The van der Waals surface area contributed by atoms with E-state index in [0.717, 1.165) is 11.3 Å². The average Bonchev–Trinajstić information content (AvgIpc) is 2.30. The molecule has 11 heavy (non-hydrogen) atoms. The molecule has 2 rings (SSSR count). The van der Waals surface area contributed by atoms with E-state index >= 15 is 0 Å². The van der Waals surface area contributed by atoms with E-state index in [1.54, 1.807) is 0 Å². The summed E-state index contributed by atoms with van der Waals surface area (Å²) in [4.78, 5) is 0. The van der Waals surface area contributed by atoms with Gasteiger partial charge < -0.3 is 4.42 Å². The summed E-state index contributed by atoms with van der Waals surface area (Å²) in [5, 5.41) is 1.17.